The highest BCUT2D eigenvalue weighted by molar-refractivity contribution is 5.93. The van der Waals surface area contributed by atoms with Gasteiger partial charge < -0.3 is 15.4 Å². The normalized spacial score (nSPS) is 14.9. The first-order valence-corrected chi connectivity index (χ1v) is 8.42. The topological polar surface area (TPSA) is 63.2 Å². The Morgan fingerprint density at radius 3 is 2.71 bits per heavy atom. The molecule has 0 spiro atoms. The van der Waals surface area contributed by atoms with E-state index in [0.717, 1.165) is 30.0 Å². The van der Waals surface area contributed by atoms with Crippen molar-refractivity contribution in [2.45, 2.75) is 38.1 Å². The molecule has 2 aromatic rings. The summed E-state index contributed by atoms with van der Waals surface area (Å²) in [6, 6.07) is 11.6. The summed E-state index contributed by atoms with van der Waals surface area (Å²) in [7, 11) is 1.64. The van der Waals surface area contributed by atoms with Crippen LogP contribution in [-0.4, -0.2) is 24.0 Å². The quantitative estimate of drug-likeness (QED) is 0.875. The Balaban J connectivity index is 1.67. The van der Waals surface area contributed by atoms with E-state index in [-0.39, 0.29) is 11.9 Å². The number of methoxy groups -OCH3 is 1. The first-order chi connectivity index (χ1) is 11.7. The number of carbonyl (C=O) groups excluding carboxylic acids is 1. The second kappa shape index (κ2) is 7.81. The fraction of sp³-hybridized carbons (Fsp3) is 0.368. The minimum absolute atomic E-state index is 0.101. The summed E-state index contributed by atoms with van der Waals surface area (Å²) in [4.78, 5) is 16.6. The Labute approximate surface area is 142 Å². The maximum absolute atomic E-state index is 12.4. The zero-order valence-corrected chi connectivity index (χ0v) is 13.9. The number of nitrogens with one attached hydrogen (secondary N) is 2. The summed E-state index contributed by atoms with van der Waals surface area (Å²) in [5.74, 6) is 0.681. The molecule has 1 aliphatic carbocycles. The molecule has 5 nitrogen and oxygen atoms in total. The zero-order valence-electron chi connectivity index (χ0n) is 13.9. The van der Waals surface area contributed by atoms with Crippen LogP contribution < -0.4 is 15.4 Å². The van der Waals surface area contributed by atoms with Gasteiger partial charge in [0.1, 0.15) is 11.4 Å². The number of benzene rings is 1. The molecule has 2 N–H and O–H groups in total. The van der Waals surface area contributed by atoms with Crippen LogP contribution in [0.4, 0.5) is 11.4 Å². The van der Waals surface area contributed by atoms with Gasteiger partial charge >= 0.3 is 0 Å². The number of hydrogen-bond acceptors (Lipinski definition) is 4. The van der Waals surface area contributed by atoms with Gasteiger partial charge in [0.15, 0.2) is 0 Å². The number of amides is 1. The van der Waals surface area contributed by atoms with Crippen molar-refractivity contribution in [2.24, 2.45) is 0 Å². The van der Waals surface area contributed by atoms with E-state index in [2.05, 4.69) is 15.6 Å². The van der Waals surface area contributed by atoms with E-state index >= 15 is 0 Å². The molecule has 1 fully saturated rings. The Kier molecular flexibility index (Phi) is 5.31. The van der Waals surface area contributed by atoms with E-state index < -0.39 is 0 Å². The minimum atomic E-state index is -0.101. The highest BCUT2D eigenvalue weighted by Gasteiger charge is 2.17. The molecule has 126 valence electrons. The van der Waals surface area contributed by atoms with Crippen molar-refractivity contribution < 1.29 is 9.53 Å². The molecule has 1 amide bonds. The Morgan fingerprint density at radius 1 is 1.12 bits per heavy atom. The van der Waals surface area contributed by atoms with Gasteiger partial charge in [-0.1, -0.05) is 25.3 Å². The van der Waals surface area contributed by atoms with E-state index in [1.807, 2.05) is 30.3 Å². The van der Waals surface area contributed by atoms with Crippen molar-refractivity contribution >= 4 is 17.3 Å². The van der Waals surface area contributed by atoms with Gasteiger partial charge in [-0.05, 0) is 37.1 Å². The molecule has 1 heterocycles. The Bertz CT molecular complexity index is 697. The average Bonchev–Trinajstić information content (AvgIpc) is 2.63. The zero-order chi connectivity index (χ0) is 16.8. The SMILES string of the molecule is COc1cccc(Nc2ccnc(C(=O)NC3CCCCC3)c2)c1. The average molecular weight is 325 g/mol. The van der Waals surface area contributed by atoms with Gasteiger partial charge in [-0.25, -0.2) is 0 Å². The number of carbonyl (C=O) groups is 1. The molecule has 0 radical (unpaired) electrons. The third-order valence-electron chi connectivity index (χ3n) is 4.29. The van der Waals surface area contributed by atoms with Crippen molar-refractivity contribution in [3.63, 3.8) is 0 Å². The smallest absolute Gasteiger partial charge is 0.270 e. The van der Waals surface area contributed by atoms with Crippen LogP contribution >= 0.6 is 0 Å². The number of ether oxygens (including phenoxy) is 1. The molecule has 1 aliphatic rings. The highest BCUT2D eigenvalue weighted by atomic mass is 16.5. The third kappa shape index (κ3) is 4.25. The number of pyridine rings is 1. The Hall–Kier alpha value is -2.56. The van der Waals surface area contributed by atoms with Crippen LogP contribution in [0.15, 0.2) is 42.6 Å². The first-order valence-electron chi connectivity index (χ1n) is 8.42. The van der Waals surface area contributed by atoms with Crippen molar-refractivity contribution in [3.8, 4) is 5.75 Å². The molecular formula is C19H23N3O2. The molecule has 1 aromatic carbocycles. The number of hydrogen-bond donors (Lipinski definition) is 2. The van der Waals surface area contributed by atoms with E-state index in [0.29, 0.717) is 5.69 Å². The van der Waals surface area contributed by atoms with E-state index in [1.54, 1.807) is 19.4 Å². The third-order valence-corrected chi connectivity index (χ3v) is 4.29. The van der Waals surface area contributed by atoms with Gasteiger partial charge in [-0.15, -0.1) is 0 Å². The molecule has 3 rings (SSSR count). The lowest BCUT2D eigenvalue weighted by molar-refractivity contribution is 0.0922. The molecule has 24 heavy (non-hydrogen) atoms. The highest BCUT2D eigenvalue weighted by Crippen LogP contribution is 2.22. The molecule has 0 aliphatic heterocycles. The minimum Gasteiger partial charge on any atom is -0.497 e. The molecule has 1 aromatic heterocycles. The fourth-order valence-corrected chi connectivity index (χ4v) is 3.01. The van der Waals surface area contributed by atoms with Gasteiger partial charge in [-0.3, -0.25) is 9.78 Å². The van der Waals surface area contributed by atoms with E-state index in [1.165, 1.54) is 19.3 Å². The maximum atomic E-state index is 12.4. The fourth-order valence-electron chi connectivity index (χ4n) is 3.01. The molecule has 0 atom stereocenters. The Morgan fingerprint density at radius 2 is 1.92 bits per heavy atom. The summed E-state index contributed by atoms with van der Waals surface area (Å²) >= 11 is 0. The van der Waals surface area contributed by atoms with Crippen LogP contribution in [-0.2, 0) is 0 Å². The number of rotatable bonds is 5. The van der Waals surface area contributed by atoms with Crippen molar-refractivity contribution in [1.82, 2.24) is 10.3 Å². The lowest BCUT2D eigenvalue weighted by Crippen LogP contribution is -2.36. The van der Waals surface area contributed by atoms with Gasteiger partial charge in [0.2, 0.25) is 0 Å². The summed E-state index contributed by atoms with van der Waals surface area (Å²) in [5.41, 5.74) is 2.17. The summed E-state index contributed by atoms with van der Waals surface area (Å²) in [6.07, 6.45) is 7.43. The second-order valence-electron chi connectivity index (χ2n) is 6.10. The van der Waals surface area contributed by atoms with Gasteiger partial charge in [0, 0.05) is 29.7 Å². The van der Waals surface area contributed by atoms with Gasteiger partial charge in [0.05, 0.1) is 7.11 Å². The molecule has 0 bridgehead atoms. The van der Waals surface area contributed by atoms with E-state index in [9.17, 15) is 4.79 Å². The summed E-state index contributed by atoms with van der Waals surface area (Å²) in [5, 5.41) is 6.37. The van der Waals surface area contributed by atoms with Crippen LogP contribution in [0.1, 0.15) is 42.6 Å². The van der Waals surface area contributed by atoms with Crippen LogP contribution in [0.25, 0.3) is 0 Å². The lowest BCUT2D eigenvalue weighted by Gasteiger charge is -2.22. The predicted molar refractivity (Wildman–Crippen MR) is 94.9 cm³/mol. The predicted octanol–water partition coefficient (Wildman–Crippen LogP) is 3.90. The molecule has 1 saturated carbocycles. The molecule has 0 saturated heterocycles. The molecule has 0 unspecified atom stereocenters. The summed E-state index contributed by atoms with van der Waals surface area (Å²) in [6.45, 7) is 0. The number of aromatic nitrogens is 1. The van der Waals surface area contributed by atoms with Gasteiger partial charge in [0.25, 0.3) is 5.91 Å². The van der Waals surface area contributed by atoms with Gasteiger partial charge in [-0.2, -0.15) is 0 Å². The summed E-state index contributed by atoms with van der Waals surface area (Å²) < 4.78 is 5.22. The number of anilines is 2. The van der Waals surface area contributed by atoms with Crippen LogP contribution in [0.2, 0.25) is 0 Å². The standard InChI is InChI=1S/C19H23N3O2/c1-24-17-9-5-8-15(12-17)21-16-10-11-20-18(13-16)19(23)22-14-6-3-2-4-7-14/h5,8-14H,2-4,6-7H2,1H3,(H,20,21)(H,22,23). The van der Waals surface area contributed by atoms with E-state index in [4.69, 9.17) is 4.74 Å². The molecule has 5 heteroatoms. The lowest BCUT2D eigenvalue weighted by atomic mass is 9.95. The first kappa shape index (κ1) is 16.3. The van der Waals surface area contributed by atoms with Crippen LogP contribution in [0, 0.1) is 0 Å². The second-order valence-corrected chi connectivity index (χ2v) is 6.10. The molecular weight excluding hydrogens is 302 g/mol. The van der Waals surface area contributed by atoms with Crippen LogP contribution in [0.3, 0.4) is 0 Å². The maximum Gasteiger partial charge on any atom is 0.270 e. The largest absolute Gasteiger partial charge is 0.497 e. The number of nitrogens with zero attached hydrogens (tertiary/aromatic N) is 1. The van der Waals surface area contributed by atoms with Crippen molar-refractivity contribution in [3.05, 3.63) is 48.3 Å². The van der Waals surface area contributed by atoms with Crippen molar-refractivity contribution in [1.29, 1.82) is 0 Å². The van der Waals surface area contributed by atoms with Crippen LogP contribution in [0.5, 0.6) is 5.75 Å². The van der Waals surface area contributed by atoms with Crippen molar-refractivity contribution in [2.75, 3.05) is 12.4 Å². The monoisotopic (exact) mass is 325 g/mol.